The van der Waals surface area contributed by atoms with Crippen LogP contribution in [0.4, 0.5) is 11.4 Å². The van der Waals surface area contributed by atoms with Gasteiger partial charge in [-0.3, -0.25) is 9.59 Å². The molecule has 2 aromatic rings. The van der Waals surface area contributed by atoms with Gasteiger partial charge < -0.3 is 10.6 Å². The van der Waals surface area contributed by atoms with E-state index in [0.29, 0.717) is 11.4 Å². The highest BCUT2D eigenvalue weighted by Crippen LogP contribution is 2.17. The first kappa shape index (κ1) is 19.4. The lowest BCUT2D eigenvalue weighted by molar-refractivity contribution is -0.119. The quantitative estimate of drug-likeness (QED) is 0.757. The van der Waals surface area contributed by atoms with Crippen molar-refractivity contribution in [2.75, 3.05) is 10.6 Å². The maximum Gasteiger partial charge on any atom is 0.248 e. The van der Waals surface area contributed by atoms with Crippen LogP contribution in [0.5, 0.6) is 0 Å². The van der Waals surface area contributed by atoms with E-state index in [1.54, 1.807) is 24.3 Å². The number of carbonyl (C=O) groups is 2. The van der Waals surface area contributed by atoms with Gasteiger partial charge in [0.1, 0.15) is 0 Å². The summed E-state index contributed by atoms with van der Waals surface area (Å²) in [5, 5.41) is 5.64. The molecule has 0 heterocycles. The molecular weight excluding hydrogens is 324 g/mol. The van der Waals surface area contributed by atoms with Crippen LogP contribution in [0.2, 0.25) is 0 Å². The summed E-state index contributed by atoms with van der Waals surface area (Å²) in [5.74, 6) is -0.302. The molecule has 0 aliphatic carbocycles. The second-order valence-electron chi connectivity index (χ2n) is 6.84. The summed E-state index contributed by atoms with van der Waals surface area (Å²) >= 11 is 0. The summed E-state index contributed by atoms with van der Waals surface area (Å²) in [6.07, 6.45) is 3.36. The van der Waals surface area contributed by atoms with Crippen molar-refractivity contribution in [3.05, 3.63) is 64.7 Å². The molecule has 4 nitrogen and oxygen atoms in total. The number of aryl methyl sites for hydroxylation is 3. The average molecular weight is 350 g/mol. The number of anilines is 2. The highest BCUT2D eigenvalue weighted by atomic mass is 16.2. The van der Waals surface area contributed by atoms with E-state index in [1.165, 1.54) is 17.2 Å². The van der Waals surface area contributed by atoms with Gasteiger partial charge in [0, 0.05) is 23.4 Å². The highest BCUT2D eigenvalue weighted by Gasteiger charge is 2.07. The molecule has 26 heavy (non-hydrogen) atoms. The van der Waals surface area contributed by atoms with E-state index < -0.39 is 0 Å². The van der Waals surface area contributed by atoms with E-state index in [2.05, 4.69) is 36.6 Å². The third kappa shape index (κ3) is 5.31. The minimum Gasteiger partial charge on any atom is -0.326 e. The molecule has 0 bridgehead atoms. The number of hydrogen-bond acceptors (Lipinski definition) is 2. The van der Waals surface area contributed by atoms with Gasteiger partial charge in [0.05, 0.1) is 0 Å². The summed E-state index contributed by atoms with van der Waals surface area (Å²) in [7, 11) is 0. The van der Waals surface area contributed by atoms with Crippen LogP contribution in [-0.2, 0) is 9.59 Å². The van der Waals surface area contributed by atoms with Gasteiger partial charge in [0.2, 0.25) is 11.8 Å². The zero-order valence-electron chi connectivity index (χ0n) is 16.0. The molecule has 0 spiro atoms. The molecule has 0 fully saturated rings. The molecular formula is C22H26N2O2. The standard InChI is InChI=1S/C22H26N2O2/c1-14(2)22(26)24-20-9-7-19(8-10-20)23-21(25)11-6-18-13-16(4)15(3)12-17(18)5/h6-14H,1-5H3,(H,23,25)(H,24,26)/b11-6+. The molecule has 2 rings (SSSR count). The Morgan fingerprint density at radius 3 is 1.96 bits per heavy atom. The van der Waals surface area contributed by atoms with Crippen LogP contribution in [-0.4, -0.2) is 11.8 Å². The number of nitrogens with one attached hydrogen (secondary N) is 2. The Labute approximate surface area is 155 Å². The van der Waals surface area contributed by atoms with E-state index >= 15 is 0 Å². The summed E-state index contributed by atoms with van der Waals surface area (Å²) in [5.41, 5.74) is 6.02. The Morgan fingerprint density at radius 2 is 1.38 bits per heavy atom. The van der Waals surface area contributed by atoms with Gasteiger partial charge in [-0.1, -0.05) is 26.0 Å². The van der Waals surface area contributed by atoms with Gasteiger partial charge in [-0.2, -0.15) is 0 Å². The fourth-order valence-corrected chi connectivity index (χ4v) is 2.44. The number of rotatable bonds is 5. The van der Waals surface area contributed by atoms with Crippen molar-refractivity contribution in [2.24, 2.45) is 5.92 Å². The largest absolute Gasteiger partial charge is 0.326 e. The first-order chi connectivity index (χ1) is 12.3. The normalized spacial score (nSPS) is 11.0. The van der Waals surface area contributed by atoms with Crippen molar-refractivity contribution in [1.82, 2.24) is 0 Å². The number of hydrogen-bond donors (Lipinski definition) is 2. The number of amides is 2. The van der Waals surface area contributed by atoms with Gasteiger partial charge in [0.15, 0.2) is 0 Å². The average Bonchev–Trinajstić information content (AvgIpc) is 2.58. The van der Waals surface area contributed by atoms with Crippen molar-refractivity contribution in [3.63, 3.8) is 0 Å². The van der Waals surface area contributed by atoms with Crippen molar-refractivity contribution in [3.8, 4) is 0 Å². The van der Waals surface area contributed by atoms with Gasteiger partial charge in [-0.15, -0.1) is 0 Å². The minimum atomic E-state index is -0.193. The molecule has 0 aliphatic heterocycles. The van der Waals surface area contributed by atoms with Crippen LogP contribution in [0.1, 0.15) is 36.1 Å². The second kappa shape index (κ2) is 8.48. The molecule has 2 aromatic carbocycles. The predicted molar refractivity (Wildman–Crippen MR) is 108 cm³/mol. The Balaban J connectivity index is 1.99. The molecule has 4 heteroatoms. The van der Waals surface area contributed by atoms with Gasteiger partial charge in [-0.25, -0.2) is 0 Å². The van der Waals surface area contributed by atoms with Crippen LogP contribution in [0.15, 0.2) is 42.5 Å². The lowest BCUT2D eigenvalue weighted by atomic mass is 10.0. The Kier molecular flexibility index (Phi) is 6.34. The first-order valence-corrected chi connectivity index (χ1v) is 8.74. The zero-order chi connectivity index (χ0) is 19.3. The molecule has 0 atom stereocenters. The molecule has 136 valence electrons. The predicted octanol–water partition coefficient (Wildman–Crippen LogP) is 4.86. The summed E-state index contributed by atoms with van der Waals surface area (Å²) in [4.78, 5) is 23.8. The maximum atomic E-state index is 12.1. The van der Waals surface area contributed by atoms with E-state index in [4.69, 9.17) is 0 Å². The Hall–Kier alpha value is -2.88. The lowest BCUT2D eigenvalue weighted by Crippen LogP contribution is -2.17. The summed E-state index contributed by atoms with van der Waals surface area (Å²) in [6.45, 7) is 9.86. The monoisotopic (exact) mass is 350 g/mol. The summed E-state index contributed by atoms with van der Waals surface area (Å²) < 4.78 is 0. The van der Waals surface area contributed by atoms with Crippen molar-refractivity contribution in [2.45, 2.75) is 34.6 Å². The van der Waals surface area contributed by atoms with Crippen LogP contribution in [0.25, 0.3) is 6.08 Å². The molecule has 2 N–H and O–H groups in total. The number of benzene rings is 2. The van der Waals surface area contributed by atoms with Crippen LogP contribution < -0.4 is 10.6 Å². The first-order valence-electron chi connectivity index (χ1n) is 8.74. The van der Waals surface area contributed by atoms with Gasteiger partial charge in [0.25, 0.3) is 0 Å². The van der Waals surface area contributed by atoms with E-state index in [0.717, 1.165) is 11.1 Å². The minimum absolute atomic E-state index is 0.0338. The van der Waals surface area contributed by atoms with Crippen LogP contribution >= 0.6 is 0 Å². The van der Waals surface area contributed by atoms with Gasteiger partial charge in [-0.05, 0) is 73.4 Å². The third-order valence-corrected chi connectivity index (χ3v) is 4.24. The molecule has 2 amide bonds. The van der Waals surface area contributed by atoms with Crippen LogP contribution in [0, 0.1) is 26.7 Å². The summed E-state index contributed by atoms with van der Waals surface area (Å²) in [6, 6.07) is 11.3. The maximum absolute atomic E-state index is 12.1. The molecule has 0 unspecified atom stereocenters. The van der Waals surface area contributed by atoms with E-state index in [1.807, 2.05) is 26.8 Å². The van der Waals surface area contributed by atoms with Gasteiger partial charge >= 0.3 is 0 Å². The second-order valence-corrected chi connectivity index (χ2v) is 6.84. The molecule has 0 aromatic heterocycles. The Morgan fingerprint density at radius 1 is 0.846 bits per heavy atom. The molecule has 0 saturated carbocycles. The van der Waals surface area contributed by atoms with Crippen LogP contribution in [0.3, 0.4) is 0 Å². The highest BCUT2D eigenvalue weighted by molar-refractivity contribution is 6.02. The Bertz CT molecular complexity index is 834. The number of carbonyl (C=O) groups excluding carboxylic acids is 2. The van der Waals surface area contributed by atoms with E-state index in [-0.39, 0.29) is 17.7 Å². The molecule has 0 aliphatic rings. The molecule has 0 radical (unpaired) electrons. The van der Waals surface area contributed by atoms with Crippen molar-refractivity contribution in [1.29, 1.82) is 0 Å². The van der Waals surface area contributed by atoms with Crippen molar-refractivity contribution >= 4 is 29.3 Å². The topological polar surface area (TPSA) is 58.2 Å². The smallest absolute Gasteiger partial charge is 0.248 e. The fraction of sp³-hybridized carbons (Fsp3) is 0.273. The lowest BCUT2D eigenvalue weighted by Gasteiger charge is -2.09. The molecule has 0 saturated heterocycles. The fourth-order valence-electron chi connectivity index (χ4n) is 2.44. The zero-order valence-corrected chi connectivity index (χ0v) is 16.0. The third-order valence-electron chi connectivity index (χ3n) is 4.24. The van der Waals surface area contributed by atoms with Crippen molar-refractivity contribution < 1.29 is 9.59 Å². The van der Waals surface area contributed by atoms with E-state index in [9.17, 15) is 9.59 Å². The SMILES string of the molecule is Cc1cc(C)c(/C=C/C(=O)Nc2ccc(NC(=O)C(C)C)cc2)cc1C.